The van der Waals surface area contributed by atoms with Crippen LogP contribution < -0.4 is 4.72 Å². The molecule has 1 N–H and O–H groups in total. The Hall–Kier alpha value is -1.54. The molecule has 148 valence electrons. The Labute approximate surface area is 164 Å². The van der Waals surface area contributed by atoms with Crippen molar-refractivity contribution in [3.05, 3.63) is 65.7 Å². The lowest BCUT2D eigenvalue weighted by Gasteiger charge is -2.28. The third kappa shape index (κ3) is 5.97. The van der Waals surface area contributed by atoms with Crippen molar-refractivity contribution >= 4 is 21.1 Å². The maximum absolute atomic E-state index is 12.7. The van der Waals surface area contributed by atoms with Gasteiger partial charge in [0.15, 0.2) is 11.1 Å². The van der Waals surface area contributed by atoms with Gasteiger partial charge in [0.25, 0.3) is 0 Å². The van der Waals surface area contributed by atoms with Crippen LogP contribution in [0.1, 0.15) is 44.9 Å². The molecule has 27 heavy (non-hydrogen) atoms. The molecule has 0 saturated carbocycles. The van der Waals surface area contributed by atoms with Gasteiger partial charge in [-0.05, 0) is 52.3 Å². The van der Waals surface area contributed by atoms with Gasteiger partial charge in [-0.25, -0.2) is 17.3 Å². The molecule has 0 spiro atoms. The molecule has 0 bridgehead atoms. The fraction of sp³-hybridized carbons (Fsp3) is 0.400. The van der Waals surface area contributed by atoms with Crippen molar-refractivity contribution < 1.29 is 16.8 Å². The average Bonchev–Trinajstić information content (AvgIpc) is 2.59. The molecule has 0 heterocycles. The molecule has 5 nitrogen and oxygen atoms in total. The molecule has 0 fully saturated rings. The van der Waals surface area contributed by atoms with Crippen molar-refractivity contribution in [3.8, 4) is 0 Å². The van der Waals surface area contributed by atoms with Crippen molar-refractivity contribution in [1.29, 1.82) is 0 Å². The summed E-state index contributed by atoms with van der Waals surface area (Å²) in [6.07, 6.45) is -0.688. The lowest BCUT2D eigenvalue weighted by Crippen LogP contribution is -2.39. The molecule has 0 saturated heterocycles. The van der Waals surface area contributed by atoms with E-state index in [1.54, 1.807) is 31.2 Å². The van der Waals surface area contributed by atoms with Gasteiger partial charge in [-0.2, -0.15) is 0 Å². The minimum Gasteiger partial charge on any atom is -0.280 e. The van der Waals surface area contributed by atoms with Gasteiger partial charge >= 0.3 is 0 Å². The first-order chi connectivity index (χ1) is 12.5. The lowest BCUT2D eigenvalue weighted by atomic mass is 10.0. The molecule has 1 unspecified atom stereocenters. The summed E-state index contributed by atoms with van der Waals surface area (Å²) in [6, 6.07) is 15.2. The van der Waals surface area contributed by atoms with Crippen molar-refractivity contribution in [2.24, 2.45) is 0 Å². The molecule has 3 atom stereocenters. The van der Waals surface area contributed by atoms with Crippen LogP contribution in [-0.4, -0.2) is 23.4 Å². The molecule has 2 rings (SSSR count). The third-order valence-corrected chi connectivity index (χ3v) is 6.90. The van der Waals surface area contributed by atoms with E-state index in [0.29, 0.717) is 0 Å². The first-order valence-electron chi connectivity index (χ1n) is 8.73. The summed E-state index contributed by atoms with van der Waals surface area (Å²) in [4.78, 5) is 0.184. The monoisotopic (exact) mass is 409 g/mol. The first kappa shape index (κ1) is 21.8. The van der Waals surface area contributed by atoms with Crippen LogP contribution in [0, 0.1) is 6.92 Å². The minimum atomic E-state index is -3.73. The Bertz CT molecular complexity index is 872. The highest BCUT2D eigenvalue weighted by Gasteiger charge is 2.31. The van der Waals surface area contributed by atoms with Crippen molar-refractivity contribution in [3.63, 3.8) is 0 Å². The Morgan fingerprint density at radius 1 is 1.00 bits per heavy atom. The molecular formula is C20H27NO4S2. The number of sulfonamides is 1. The van der Waals surface area contributed by atoms with Crippen LogP contribution in [0.25, 0.3) is 0 Å². The second-order valence-electron chi connectivity index (χ2n) is 7.50. The summed E-state index contributed by atoms with van der Waals surface area (Å²) in [5.74, 6) is 0. The molecule has 0 aliphatic heterocycles. The summed E-state index contributed by atoms with van der Waals surface area (Å²) >= 11 is -1.60. The number of aryl methyl sites for hydroxylation is 1. The van der Waals surface area contributed by atoms with Crippen LogP contribution >= 0.6 is 0 Å². The van der Waals surface area contributed by atoms with Crippen molar-refractivity contribution in [2.75, 3.05) is 0 Å². The summed E-state index contributed by atoms with van der Waals surface area (Å²) in [5.41, 5.74) is 1.74. The molecule has 2 aromatic rings. The van der Waals surface area contributed by atoms with E-state index in [1.165, 1.54) is 0 Å². The number of hydrogen-bond donors (Lipinski definition) is 1. The zero-order valence-electron chi connectivity index (χ0n) is 16.3. The fourth-order valence-corrected chi connectivity index (χ4v) is 4.40. The van der Waals surface area contributed by atoms with Crippen LogP contribution in [0.15, 0.2) is 59.5 Å². The largest absolute Gasteiger partial charge is 0.280 e. The maximum Gasteiger partial charge on any atom is 0.240 e. The van der Waals surface area contributed by atoms with E-state index in [1.807, 2.05) is 58.0 Å². The van der Waals surface area contributed by atoms with Crippen LogP contribution in [-0.2, 0) is 25.3 Å². The first-order valence-corrected chi connectivity index (χ1v) is 11.3. The summed E-state index contributed by atoms with van der Waals surface area (Å²) in [7, 11) is -3.73. The second-order valence-corrected chi connectivity index (χ2v) is 11.1. The number of nitrogens with one attached hydrogen (secondary N) is 1. The molecule has 0 amide bonds. The SMILES string of the molecule is Cc1ccc(S(=O)(=O)N[C@@H](C)[C@H](OS(=O)C(C)(C)C)c2ccccc2)cc1. The molecule has 0 aliphatic rings. The van der Waals surface area contributed by atoms with Gasteiger partial charge in [0, 0.05) is 0 Å². The van der Waals surface area contributed by atoms with Gasteiger partial charge in [-0.1, -0.05) is 48.0 Å². The van der Waals surface area contributed by atoms with E-state index < -0.39 is 38.0 Å². The van der Waals surface area contributed by atoms with Crippen LogP contribution in [0.3, 0.4) is 0 Å². The van der Waals surface area contributed by atoms with Gasteiger partial charge in [0.1, 0.15) is 6.10 Å². The van der Waals surface area contributed by atoms with Crippen LogP contribution in [0.5, 0.6) is 0 Å². The zero-order valence-corrected chi connectivity index (χ0v) is 17.9. The lowest BCUT2D eigenvalue weighted by molar-refractivity contribution is 0.190. The number of hydrogen-bond acceptors (Lipinski definition) is 4. The summed E-state index contributed by atoms with van der Waals surface area (Å²) in [6.45, 7) is 9.04. The topological polar surface area (TPSA) is 72.5 Å². The zero-order chi connectivity index (χ0) is 20.2. The summed E-state index contributed by atoms with van der Waals surface area (Å²) < 4.78 is 45.9. The van der Waals surface area contributed by atoms with Gasteiger partial charge in [-0.3, -0.25) is 4.18 Å². The molecule has 2 aromatic carbocycles. The van der Waals surface area contributed by atoms with Gasteiger partial charge in [0.05, 0.1) is 15.7 Å². The van der Waals surface area contributed by atoms with Crippen molar-refractivity contribution in [2.45, 2.75) is 56.4 Å². The molecule has 0 radical (unpaired) electrons. The van der Waals surface area contributed by atoms with Gasteiger partial charge in [0.2, 0.25) is 10.0 Å². The van der Waals surface area contributed by atoms with E-state index in [0.717, 1.165) is 11.1 Å². The number of benzene rings is 2. The molecule has 0 aromatic heterocycles. The highest BCUT2D eigenvalue weighted by molar-refractivity contribution is 7.89. The minimum absolute atomic E-state index is 0.184. The number of rotatable bonds is 7. The molecule has 0 aliphatic carbocycles. The molecule has 7 heteroatoms. The summed E-state index contributed by atoms with van der Waals surface area (Å²) in [5, 5.41) is 0. The fourth-order valence-electron chi connectivity index (χ4n) is 2.40. The van der Waals surface area contributed by atoms with Gasteiger partial charge in [-0.15, -0.1) is 0 Å². The van der Waals surface area contributed by atoms with E-state index in [4.69, 9.17) is 4.18 Å². The third-order valence-electron chi connectivity index (χ3n) is 3.95. The molecular weight excluding hydrogens is 382 g/mol. The normalized spacial score (nSPS) is 15.9. The maximum atomic E-state index is 12.7. The van der Waals surface area contributed by atoms with Gasteiger partial charge < -0.3 is 0 Å². The Balaban J connectivity index is 2.29. The highest BCUT2D eigenvalue weighted by atomic mass is 32.2. The standard InChI is InChI=1S/C20H27NO4S2/c1-15-11-13-18(14-12-15)27(23,24)21-16(2)19(17-9-7-6-8-10-17)25-26(22)20(3,4)5/h6-14,16,19,21H,1-5H3/t16-,19-,26?/m0/s1. The average molecular weight is 410 g/mol. The second kappa shape index (κ2) is 8.65. The quantitative estimate of drug-likeness (QED) is 0.753. The van der Waals surface area contributed by atoms with E-state index >= 15 is 0 Å². The Morgan fingerprint density at radius 2 is 1.56 bits per heavy atom. The predicted molar refractivity (Wildman–Crippen MR) is 109 cm³/mol. The Kier molecular flexibility index (Phi) is 6.97. The van der Waals surface area contributed by atoms with Crippen LogP contribution in [0.2, 0.25) is 0 Å². The Morgan fingerprint density at radius 3 is 2.07 bits per heavy atom. The van der Waals surface area contributed by atoms with Crippen molar-refractivity contribution in [1.82, 2.24) is 4.72 Å². The highest BCUT2D eigenvalue weighted by Crippen LogP contribution is 2.27. The van der Waals surface area contributed by atoms with E-state index in [9.17, 15) is 12.6 Å². The predicted octanol–water partition coefficient (Wildman–Crippen LogP) is 3.88. The van der Waals surface area contributed by atoms with E-state index in [2.05, 4.69) is 4.72 Å². The van der Waals surface area contributed by atoms with E-state index in [-0.39, 0.29) is 4.90 Å². The smallest absolute Gasteiger partial charge is 0.240 e. The van der Waals surface area contributed by atoms with Crippen LogP contribution in [0.4, 0.5) is 0 Å².